The van der Waals surface area contributed by atoms with Crippen LogP contribution < -0.4 is 0 Å². The van der Waals surface area contributed by atoms with E-state index in [-0.39, 0.29) is 11.6 Å². The molecule has 0 unspecified atom stereocenters. The number of hydrogen-bond donors (Lipinski definition) is 0. The lowest BCUT2D eigenvalue weighted by Crippen LogP contribution is -2.88. The van der Waals surface area contributed by atoms with E-state index in [0.717, 1.165) is 22.3 Å². The molecule has 0 aliphatic carbocycles. The first-order valence-corrected chi connectivity index (χ1v) is 15.6. The van der Waals surface area contributed by atoms with Crippen LogP contribution in [0.25, 0.3) is 0 Å². The van der Waals surface area contributed by atoms with Crippen LogP contribution >= 0.6 is 0 Å². The first-order valence-electron chi connectivity index (χ1n) is 15.6. The molecule has 0 saturated carbocycles. The highest BCUT2D eigenvalue weighted by atomic mass is 16.2. The van der Waals surface area contributed by atoms with Gasteiger partial charge in [0, 0.05) is 26.2 Å². The van der Waals surface area contributed by atoms with Crippen molar-refractivity contribution in [1.29, 1.82) is 0 Å². The van der Waals surface area contributed by atoms with Gasteiger partial charge in [0.2, 0.25) is 0 Å². The molecule has 0 radical (unpaired) electrons. The van der Waals surface area contributed by atoms with Gasteiger partial charge in [-0.2, -0.15) is 0 Å². The quantitative estimate of drug-likeness (QED) is 0.264. The number of benzene rings is 4. The molecule has 4 heterocycles. The highest BCUT2D eigenvalue weighted by Crippen LogP contribution is 2.44. The van der Waals surface area contributed by atoms with Gasteiger partial charge >= 0.3 is 0 Å². The zero-order chi connectivity index (χ0) is 30.5. The average molecular weight is 585 g/mol. The molecule has 44 heavy (non-hydrogen) atoms. The van der Waals surface area contributed by atoms with Crippen LogP contribution in [-0.2, 0) is 35.8 Å². The standard InChI is InChI=1S/C38H40N4O2/c1-25-13-5-9-17-29(25)21-39-35-33(43)38-41(23-31-19-11-7-15-27(31)3)36(39)34(44)37(40(35)22-30-18-10-6-14-26(30)2)42(38)24-32-20-12-8-16-28(32)4/h5-20,35-38H,21-24H2,1-4H3. The van der Waals surface area contributed by atoms with E-state index in [1.54, 1.807) is 0 Å². The Morgan fingerprint density at radius 2 is 0.591 bits per heavy atom. The molecular weight excluding hydrogens is 544 g/mol. The zero-order valence-electron chi connectivity index (χ0n) is 26.0. The summed E-state index contributed by atoms with van der Waals surface area (Å²) in [6, 6.07) is 33.3. The second-order valence-electron chi connectivity index (χ2n) is 12.7. The Morgan fingerprint density at radius 3 is 0.795 bits per heavy atom. The van der Waals surface area contributed by atoms with Crippen LogP contribution in [0.4, 0.5) is 0 Å². The van der Waals surface area contributed by atoms with Crippen molar-refractivity contribution >= 4 is 11.6 Å². The maximum Gasteiger partial charge on any atom is 0.196 e. The summed E-state index contributed by atoms with van der Waals surface area (Å²) in [5, 5.41) is 0. The van der Waals surface area contributed by atoms with Crippen molar-refractivity contribution in [3.05, 3.63) is 142 Å². The summed E-state index contributed by atoms with van der Waals surface area (Å²) < 4.78 is 0. The number of rotatable bonds is 8. The molecule has 4 fully saturated rings. The molecule has 224 valence electrons. The minimum atomic E-state index is -0.492. The first kappa shape index (κ1) is 28.8. The zero-order valence-corrected chi connectivity index (χ0v) is 26.0. The van der Waals surface area contributed by atoms with E-state index in [4.69, 9.17) is 0 Å². The number of hydrogen-bond acceptors (Lipinski definition) is 6. The van der Waals surface area contributed by atoms with Crippen molar-refractivity contribution in [3.63, 3.8) is 0 Å². The average Bonchev–Trinajstić information content (AvgIpc) is 3.00. The molecule has 0 N–H and O–H groups in total. The molecular formula is C38H40N4O2. The summed E-state index contributed by atoms with van der Waals surface area (Å²) >= 11 is 0. The van der Waals surface area contributed by atoms with Crippen LogP contribution in [0.2, 0.25) is 0 Å². The molecule has 4 aromatic rings. The largest absolute Gasteiger partial charge is 0.293 e. The monoisotopic (exact) mass is 584 g/mol. The number of nitrogens with zero attached hydrogens (tertiary/aromatic N) is 4. The molecule has 4 bridgehead atoms. The maximum atomic E-state index is 14.9. The van der Waals surface area contributed by atoms with Gasteiger partial charge in [0.05, 0.1) is 0 Å². The Bertz CT molecular complexity index is 1470. The van der Waals surface area contributed by atoms with Crippen molar-refractivity contribution in [2.75, 3.05) is 0 Å². The fourth-order valence-electron chi connectivity index (χ4n) is 7.50. The summed E-state index contributed by atoms with van der Waals surface area (Å²) in [6.45, 7) is 10.6. The maximum absolute atomic E-state index is 14.9. The van der Waals surface area contributed by atoms with Crippen LogP contribution in [-0.4, -0.2) is 55.8 Å². The Balaban J connectivity index is 1.37. The third kappa shape index (κ3) is 4.83. The van der Waals surface area contributed by atoms with Crippen LogP contribution in [0.3, 0.4) is 0 Å². The third-order valence-corrected chi connectivity index (χ3v) is 9.99. The van der Waals surface area contributed by atoms with E-state index in [2.05, 4.69) is 95.8 Å². The lowest BCUT2D eigenvalue weighted by Gasteiger charge is -2.67. The van der Waals surface area contributed by atoms with Crippen molar-refractivity contribution < 1.29 is 9.59 Å². The lowest BCUT2D eigenvalue weighted by atomic mass is 9.87. The molecule has 6 nitrogen and oxygen atoms in total. The topological polar surface area (TPSA) is 47.1 Å². The molecule has 0 spiro atoms. The number of carbonyl (C=O) groups excluding carboxylic acids is 2. The molecule has 8 rings (SSSR count). The molecule has 0 amide bonds. The SMILES string of the molecule is Cc1ccccc1CN1C2C(=O)C3N(Cc4ccccc4C)C1C(=O)C(N2Cc1ccccc1C)N3Cc1ccccc1C. The van der Waals surface area contributed by atoms with Gasteiger partial charge in [0.15, 0.2) is 11.6 Å². The van der Waals surface area contributed by atoms with Crippen LogP contribution in [0.15, 0.2) is 97.1 Å². The molecule has 4 aliphatic rings. The highest BCUT2D eigenvalue weighted by molar-refractivity contribution is 6.00. The first-order chi connectivity index (χ1) is 21.3. The van der Waals surface area contributed by atoms with Gasteiger partial charge in [0.25, 0.3) is 0 Å². The fourth-order valence-corrected chi connectivity index (χ4v) is 7.50. The van der Waals surface area contributed by atoms with Gasteiger partial charge in [-0.25, -0.2) is 0 Å². The van der Waals surface area contributed by atoms with E-state index in [0.29, 0.717) is 26.2 Å². The van der Waals surface area contributed by atoms with Gasteiger partial charge in [-0.15, -0.1) is 0 Å². The minimum absolute atomic E-state index is 0.148. The number of aryl methyl sites for hydroxylation is 4. The normalized spacial score (nSPS) is 24.0. The summed E-state index contributed by atoms with van der Waals surface area (Å²) in [6.07, 6.45) is -1.97. The second-order valence-corrected chi connectivity index (χ2v) is 12.7. The summed E-state index contributed by atoms with van der Waals surface area (Å²) in [4.78, 5) is 38.6. The number of ketones is 2. The third-order valence-electron chi connectivity index (χ3n) is 9.99. The highest BCUT2D eigenvalue weighted by Gasteiger charge is 2.66. The van der Waals surface area contributed by atoms with E-state index in [1.165, 1.54) is 22.3 Å². The van der Waals surface area contributed by atoms with E-state index in [1.807, 2.05) is 48.5 Å². The van der Waals surface area contributed by atoms with E-state index >= 15 is 0 Å². The Kier molecular flexibility index (Phi) is 7.55. The Morgan fingerprint density at radius 1 is 0.386 bits per heavy atom. The van der Waals surface area contributed by atoms with Crippen molar-refractivity contribution in [3.8, 4) is 0 Å². The van der Waals surface area contributed by atoms with E-state index in [9.17, 15) is 9.59 Å². The van der Waals surface area contributed by atoms with Crippen LogP contribution in [0, 0.1) is 27.7 Å². The smallest absolute Gasteiger partial charge is 0.196 e. The van der Waals surface area contributed by atoms with Crippen molar-refractivity contribution in [1.82, 2.24) is 19.6 Å². The molecule has 4 aliphatic heterocycles. The van der Waals surface area contributed by atoms with Crippen LogP contribution in [0.1, 0.15) is 44.5 Å². The van der Waals surface area contributed by atoms with Gasteiger partial charge in [0.1, 0.15) is 24.7 Å². The van der Waals surface area contributed by atoms with Crippen molar-refractivity contribution in [2.24, 2.45) is 0 Å². The minimum Gasteiger partial charge on any atom is -0.293 e. The van der Waals surface area contributed by atoms with Gasteiger partial charge in [-0.05, 0) is 72.2 Å². The van der Waals surface area contributed by atoms with E-state index < -0.39 is 24.7 Å². The Hall–Kier alpha value is -3.94. The lowest BCUT2D eigenvalue weighted by molar-refractivity contribution is -0.252. The second kappa shape index (κ2) is 11.5. The van der Waals surface area contributed by atoms with Crippen molar-refractivity contribution in [2.45, 2.75) is 78.5 Å². The number of carbonyl (C=O) groups is 2. The van der Waals surface area contributed by atoms with Gasteiger partial charge in [-0.1, -0.05) is 97.1 Å². The summed E-state index contributed by atoms with van der Waals surface area (Å²) in [5.41, 5.74) is 9.23. The molecule has 0 atom stereocenters. The molecule has 6 heteroatoms. The molecule has 4 saturated heterocycles. The predicted octanol–water partition coefficient (Wildman–Crippen LogP) is 5.71. The summed E-state index contributed by atoms with van der Waals surface area (Å²) in [7, 11) is 0. The summed E-state index contributed by atoms with van der Waals surface area (Å²) in [5.74, 6) is 0.295. The Labute approximate surface area is 260 Å². The van der Waals surface area contributed by atoms with Gasteiger partial charge < -0.3 is 0 Å². The number of Topliss-reactive ketones (excluding diaryl/α,β-unsaturated/α-hetero) is 2. The van der Waals surface area contributed by atoms with Crippen LogP contribution in [0.5, 0.6) is 0 Å². The molecule has 4 aromatic carbocycles. The fraction of sp³-hybridized carbons (Fsp3) is 0.316. The molecule has 0 aromatic heterocycles. The van der Waals surface area contributed by atoms with Gasteiger partial charge in [-0.3, -0.25) is 29.2 Å². The predicted molar refractivity (Wildman–Crippen MR) is 172 cm³/mol.